The van der Waals surface area contributed by atoms with Gasteiger partial charge in [0.25, 0.3) is 5.91 Å². The van der Waals surface area contributed by atoms with Gasteiger partial charge in [-0.15, -0.1) is 0 Å². The normalized spacial score (nSPS) is 33.8. The third-order valence-corrected chi connectivity index (χ3v) is 3.54. The van der Waals surface area contributed by atoms with E-state index in [0.29, 0.717) is 0 Å². The first kappa shape index (κ1) is 8.92. The number of β-lactam (4-membered cyclic amide) rings is 1. The summed E-state index contributed by atoms with van der Waals surface area (Å²) in [5, 5.41) is 10.4. The molecule has 0 unspecified atom stereocenters. The zero-order chi connectivity index (χ0) is 10.5. The van der Waals surface area contributed by atoms with Crippen LogP contribution in [0.5, 0.6) is 0 Å². The minimum Gasteiger partial charge on any atom is -0.374 e. The number of nitrogens with zero attached hydrogens (tertiary/aromatic N) is 1. The van der Waals surface area contributed by atoms with Gasteiger partial charge in [-0.05, 0) is 18.4 Å². The molecule has 3 nitrogen and oxygen atoms in total. The van der Waals surface area contributed by atoms with Crippen LogP contribution in [-0.2, 0) is 10.4 Å². The first-order valence-electron chi connectivity index (χ1n) is 5.33. The summed E-state index contributed by atoms with van der Waals surface area (Å²) >= 11 is 0. The second-order valence-corrected chi connectivity index (χ2v) is 4.29. The number of hydrogen-bond donors (Lipinski definition) is 1. The number of carbonyl (C=O) groups excluding carboxylic acids is 1. The predicted molar refractivity (Wildman–Crippen MR) is 55.1 cm³/mol. The van der Waals surface area contributed by atoms with E-state index in [0.717, 1.165) is 24.9 Å². The van der Waals surface area contributed by atoms with Crippen molar-refractivity contribution < 1.29 is 9.90 Å². The SMILES string of the molecule is O=C1N2CCC[C@H]2[C@@]1(O)c1ccccc1. The molecule has 0 saturated carbocycles. The summed E-state index contributed by atoms with van der Waals surface area (Å²) in [5.74, 6) is -0.129. The molecule has 2 heterocycles. The molecule has 78 valence electrons. The van der Waals surface area contributed by atoms with Crippen LogP contribution in [0.1, 0.15) is 18.4 Å². The van der Waals surface area contributed by atoms with Crippen LogP contribution in [0, 0.1) is 0 Å². The molecular weight excluding hydrogens is 190 g/mol. The quantitative estimate of drug-likeness (QED) is 0.688. The second kappa shape index (κ2) is 2.83. The highest BCUT2D eigenvalue weighted by Gasteiger charge is 2.62. The maximum absolute atomic E-state index is 11.8. The molecule has 3 heteroatoms. The molecule has 1 N–H and O–H groups in total. The Bertz CT molecular complexity index is 403. The van der Waals surface area contributed by atoms with Crippen molar-refractivity contribution in [2.45, 2.75) is 24.5 Å². The third kappa shape index (κ3) is 0.960. The standard InChI is InChI=1S/C12H13NO2/c14-11-12(15,9-5-2-1-3-6-9)10-7-4-8-13(10)11/h1-3,5-6,10,15H,4,7-8H2/t10-,12-/m0/s1. The van der Waals surface area contributed by atoms with Gasteiger partial charge in [-0.2, -0.15) is 0 Å². The molecule has 0 spiro atoms. The number of fused-ring (bicyclic) bond motifs is 1. The van der Waals surface area contributed by atoms with Crippen molar-refractivity contribution in [3.63, 3.8) is 0 Å². The minimum absolute atomic E-state index is 0.00685. The average molecular weight is 203 g/mol. The van der Waals surface area contributed by atoms with Crippen LogP contribution in [0.4, 0.5) is 0 Å². The van der Waals surface area contributed by atoms with Gasteiger partial charge in [-0.3, -0.25) is 4.79 Å². The molecule has 1 amide bonds. The maximum Gasteiger partial charge on any atom is 0.261 e. The van der Waals surface area contributed by atoms with Gasteiger partial charge in [-0.1, -0.05) is 30.3 Å². The Labute approximate surface area is 88.3 Å². The lowest BCUT2D eigenvalue weighted by atomic mass is 9.77. The highest BCUT2D eigenvalue weighted by atomic mass is 16.3. The molecule has 1 aromatic carbocycles. The first-order valence-corrected chi connectivity index (χ1v) is 5.33. The van der Waals surface area contributed by atoms with Crippen molar-refractivity contribution in [1.29, 1.82) is 0 Å². The first-order chi connectivity index (χ1) is 7.24. The fourth-order valence-corrected chi connectivity index (χ4v) is 2.75. The molecule has 2 saturated heterocycles. The summed E-state index contributed by atoms with van der Waals surface area (Å²) < 4.78 is 0. The molecule has 0 aromatic heterocycles. The van der Waals surface area contributed by atoms with E-state index in [1.807, 2.05) is 30.3 Å². The zero-order valence-electron chi connectivity index (χ0n) is 8.39. The van der Waals surface area contributed by atoms with E-state index >= 15 is 0 Å². The van der Waals surface area contributed by atoms with Gasteiger partial charge in [0.15, 0.2) is 5.60 Å². The van der Waals surface area contributed by atoms with Crippen molar-refractivity contribution in [3.8, 4) is 0 Å². The van der Waals surface area contributed by atoms with Crippen molar-refractivity contribution >= 4 is 5.91 Å². The van der Waals surface area contributed by atoms with E-state index < -0.39 is 5.60 Å². The Balaban J connectivity index is 2.02. The minimum atomic E-state index is -1.24. The summed E-state index contributed by atoms with van der Waals surface area (Å²) in [4.78, 5) is 13.6. The van der Waals surface area contributed by atoms with Crippen LogP contribution in [0.25, 0.3) is 0 Å². The van der Waals surface area contributed by atoms with E-state index in [9.17, 15) is 9.90 Å². The fraction of sp³-hybridized carbons (Fsp3) is 0.417. The summed E-state index contributed by atoms with van der Waals surface area (Å²) in [6.07, 6.45) is 1.92. The lowest BCUT2D eigenvalue weighted by Crippen LogP contribution is -2.69. The Hall–Kier alpha value is -1.35. The van der Waals surface area contributed by atoms with Crippen molar-refractivity contribution in [2.24, 2.45) is 0 Å². The average Bonchev–Trinajstić information content (AvgIpc) is 2.75. The Kier molecular flexibility index (Phi) is 1.68. The molecule has 0 radical (unpaired) electrons. The molecule has 2 aliphatic rings. The topological polar surface area (TPSA) is 40.5 Å². The molecule has 1 aromatic rings. The molecule has 2 atom stereocenters. The van der Waals surface area contributed by atoms with Crippen molar-refractivity contribution in [1.82, 2.24) is 4.90 Å². The monoisotopic (exact) mass is 203 g/mol. The molecule has 3 rings (SSSR count). The number of aliphatic hydroxyl groups is 1. The largest absolute Gasteiger partial charge is 0.374 e. The Morgan fingerprint density at radius 3 is 2.80 bits per heavy atom. The van der Waals surface area contributed by atoms with Crippen LogP contribution >= 0.6 is 0 Å². The van der Waals surface area contributed by atoms with E-state index in [4.69, 9.17) is 0 Å². The summed E-state index contributed by atoms with van der Waals surface area (Å²) in [6, 6.07) is 9.27. The third-order valence-electron chi connectivity index (χ3n) is 3.54. The van der Waals surface area contributed by atoms with Gasteiger partial charge >= 0.3 is 0 Å². The van der Waals surface area contributed by atoms with E-state index in [-0.39, 0.29) is 11.9 Å². The van der Waals surface area contributed by atoms with Gasteiger partial charge in [0.05, 0.1) is 6.04 Å². The van der Waals surface area contributed by atoms with Crippen LogP contribution < -0.4 is 0 Å². The number of hydrogen-bond acceptors (Lipinski definition) is 2. The lowest BCUT2D eigenvalue weighted by molar-refractivity contribution is -0.188. The summed E-state index contributed by atoms with van der Waals surface area (Å²) in [5.41, 5.74) is -0.504. The highest BCUT2D eigenvalue weighted by molar-refractivity contribution is 5.94. The van der Waals surface area contributed by atoms with Crippen LogP contribution in [-0.4, -0.2) is 28.5 Å². The number of benzene rings is 1. The van der Waals surface area contributed by atoms with Crippen molar-refractivity contribution in [3.05, 3.63) is 35.9 Å². The van der Waals surface area contributed by atoms with E-state index in [1.165, 1.54) is 0 Å². The number of amides is 1. The van der Waals surface area contributed by atoms with Gasteiger partial charge in [0.2, 0.25) is 0 Å². The molecular formula is C12H13NO2. The second-order valence-electron chi connectivity index (χ2n) is 4.29. The highest BCUT2D eigenvalue weighted by Crippen LogP contribution is 2.45. The number of carbonyl (C=O) groups is 1. The van der Waals surface area contributed by atoms with Crippen LogP contribution in [0.3, 0.4) is 0 Å². The van der Waals surface area contributed by atoms with Gasteiger partial charge in [0.1, 0.15) is 0 Å². The smallest absolute Gasteiger partial charge is 0.261 e. The van der Waals surface area contributed by atoms with Gasteiger partial charge < -0.3 is 10.0 Å². The van der Waals surface area contributed by atoms with E-state index in [1.54, 1.807) is 4.90 Å². The maximum atomic E-state index is 11.8. The van der Waals surface area contributed by atoms with Gasteiger partial charge in [0, 0.05) is 6.54 Å². The molecule has 15 heavy (non-hydrogen) atoms. The van der Waals surface area contributed by atoms with Crippen molar-refractivity contribution in [2.75, 3.05) is 6.54 Å². The summed E-state index contributed by atoms with van der Waals surface area (Å²) in [7, 11) is 0. The predicted octanol–water partition coefficient (Wildman–Crippen LogP) is 0.879. The zero-order valence-corrected chi connectivity index (χ0v) is 8.39. The Morgan fingerprint density at radius 1 is 1.33 bits per heavy atom. The summed E-state index contributed by atoms with van der Waals surface area (Å²) in [6.45, 7) is 0.804. The van der Waals surface area contributed by atoms with Crippen LogP contribution in [0.2, 0.25) is 0 Å². The van der Waals surface area contributed by atoms with Gasteiger partial charge in [-0.25, -0.2) is 0 Å². The fourth-order valence-electron chi connectivity index (χ4n) is 2.75. The number of rotatable bonds is 1. The van der Waals surface area contributed by atoms with E-state index in [2.05, 4.69) is 0 Å². The van der Waals surface area contributed by atoms with Crippen LogP contribution in [0.15, 0.2) is 30.3 Å². The Morgan fingerprint density at radius 2 is 2.07 bits per heavy atom. The molecule has 2 aliphatic heterocycles. The molecule has 0 aliphatic carbocycles. The molecule has 2 fully saturated rings. The lowest BCUT2D eigenvalue weighted by Gasteiger charge is -2.49. The molecule has 0 bridgehead atoms.